The second-order valence-electron chi connectivity index (χ2n) is 7.21. The van der Waals surface area contributed by atoms with E-state index in [1.54, 1.807) is 6.07 Å². The van der Waals surface area contributed by atoms with Crippen molar-refractivity contribution < 1.29 is 18.4 Å². The zero-order valence-corrected chi connectivity index (χ0v) is 17.7. The second-order valence-corrected chi connectivity index (χ2v) is 8.12. The molecule has 0 spiro atoms. The fraction of sp³-hybridized carbons (Fsp3) is 0.250. The van der Waals surface area contributed by atoms with Gasteiger partial charge < -0.3 is 9.26 Å². The van der Waals surface area contributed by atoms with Crippen molar-refractivity contribution in [2.24, 2.45) is 5.92 Å². The van der Waals surface area contributed by atoms with Crippen LogP contribution in [-0.4, -0.2) is 11.1 Å². The van der Waals surface area contributed by atoms with Gasteiger partial charge in [0.25, 0.3) is 0 Å². The first-order valence-electron chi connectivity index (χ1n) is 9.78. The van der Waals surface area contributed by atoms with Gasteiger partial charge in [-0.25, -0.2) is 9.18 Å². The highest BCUT2D eigenvalue weighted by Crippen LogP contribution is 2.24. The largest absolute Gasteiger partial charge is 0.454 e. The van der Waals surface area contributed by atoms with Gasteiger partial charge in [0, 0.05) is 22.0 Å². The average Bonchev–Trinajstić information content (AvgIpc) is 3.44. The lowest BCUT2D eigenvalue weighted by Crippen LogP contribution is -2.05. The van der Waals surface area contributed by atoms with E-state index in [0.717, 1.165) is 28.9 Å². The van der Waals surface area contributed by atoms with Crippen LogP contribution in [0.1, 0.15) is 47.4 Å². The van der Waals surface area contributed by atoms with E-state index in [1.807, 2.05) is 24.3 Å². The molecule has 1 aromatic heterocycles. The van der Waals surface area contributed by atoms with Crippen molar-refractivity contribution >= 4 is 21.9 Å². The van der Waals surface area contributed by atoms with Gasteiger partial charge in [-0.2, -0.15) is 0 Å². The Morgan fingerprint density at radius 2 is 1.93 bits per heavy atom. The molecule has 6 heteroatoms. The van der Waals surface area contributed by atoms with Gasteiger partial charge in [-0.05, 0) is 43.2 Å². The smallest absolute Gasteiger partial charge is 0.338 e. The lowest BCUT2D eigenvalue weighted by atomic mass is 10.1. The van der Waals surface area contributed by atoms with Crippen LogP contribution < -0.4 is 0 Å². The van der Waals surface area contributed by atoms with E-state index in [2.05, 4.69) is 32.9 Å². The minimum Gasteiger partial charge on any atom is -0.454 e. The molecule has 0 unspecified atom stereocenters. The van der Waals surface area contributed by atoms with Crippen LogP contribution in [0, 0.1) is 23.6 Å². The second kappa shape index (κ2) is 9.27. The highest BCUT2D eigenvalue weighted by molar-refractivity contribution is 9.10. The molecule has 0 saturated heterocycles. The van der Waals surface area contributed by atoms with Crippen molar-refractivity contribution in [2.45, 2.75) is 32.3 Å². The molecule has 4 nitrogen and oxygen atoms in total. The fourth-order valence-electron chi connectivity index (χ4n) is 3.35. The molecule has 1 aliphatic rings. The molecule has 152 valence electrons. The van der Waals surface area contributed by atoms with Crippen LogP contribution in [-0.2, 0) is 11.3 Å². The molecule has 30 heavy (non-hydrogen) atoms. The summed E-state index contributed by atoms with van der Waals surface area (Å²) in [5.74, 6) is 5.62. The SMILES string of the molecule is O=C(OCc1cc(-c2ccc(Br)cc2)no1)c1ccc(C#CC2CCCC2)c(F)c1. The number of hydrogen-bond donors (Lipinski definition) is 0. The van der Waals surface area contributed by atoms with Crippen LogP contribution in [0.25, 0.3) is 11.3 Å². The quantitative estimate of drug-likeness (QED) is 0.341. The molecule has 0 radical (unpaired) electrons. The summed E-state index contributed by atoms with van der Waals surface area (Å²) in [5.41, 5.74) is 1.96. The number of aromatic nitrogens is 1. The molecule has 1 fully saturated rings. The van der Waals surface area contributed by atoms with Crippen LogP contribution in [0.4, 0.5) is 4.39 Å². The number of carbonyl (C=O) groups is 1. The van der Waals surface area contributed by atoms with Crippen molar-refractivity contribution in [3.8, 4) is 23.1 Å². The van der Waals surface area contributed by atoms with Gasteiger partial charge in [0.2, 0.25) is 0 Å². The van der Waals surface area contributed by atoms with Crippen molar-refractivity contribution in [3.63, 3.8) is 0 Å². The van der Waals surface area contributed by atoms with Gasteiger partial charge >= 0.3 is 5.97 Å². The van der Waals surface area contributed by atoms with E-state index >= 15 is 0 Å². The maximum absolute atomic E-state index is 14.3. The van der Waals surface area contributed by atoms with Crippen LogP contribution in [0.15, 0.2) is 57.5 Å². The average molecular weight is 468 g/mol. The van der Waals surface area contributed by atoms with Crippen LogP contribution in [0.2, 0.25) is 0 Å². The van der Waals surface area contributed by atoms with E-state index in [4.69, 9.17) is 9.26 Å². The maximum Gasteiger partial charge on any atom is 0.338 e. The molecule has 3 aromatic rings. The molecular weight excluding hydrogens is 449 g/mol. The normalized spacial score (nSPS) is 13.7. The summed E-state index contributed by atoms with van der Waals surface area (Å²) in [6.45, 7) is -0.0901. The first kappa shape index (κ1) is 20.4. The molecule has 0 bridgehead atoms. The number of ether oxygens (including phenoxy) is 1. The Labute approximate surface area is 182 Å². The summed E-state index contributed by atoms with van der Waals surface area (Å²) in [4.78, 5) is 12.3. The molecule has 2 aromatic carbocycles. The van der Waals surface area contributed by atoms with Crippen molar-refractivity contribution in [2.75, 3.05) is 0 Å². The Morgan fingerprint density at radius 1 is 1.17 bits per heavy atom. The van der Waals surface area contributed by atoms with Gasteiger partial charge in [0.05, 0.1) is 11.1 Å². The third kappa shape index (κ3) is 4.98. The molecule has 0 atom stereocenters. The van der Waals surface area contributed by atoms with Crippen LogP contribution in [0.3, 0.4) is 0 Å². The number of hydrogen-bond acceptors (Lipinski definition) is 4. The Hall–Kier alpha value is -2.91. The van der Waals surface area contributed by atoms with E-state index in [9.17, 15) is 9.18 Å². The maximum atomic E-state index is 14.3. The van der Waals surface area contributed by atoms with E-state index in [0.29, 0.717) is 22.9 Å². The van der Waals surface area contributed by atoms with Gasteiger partial charge in [-0.3, -0.25) is 0 Å². The fourth-order valence-corrected chi connectivity index (χ4v) is 3.62. The lowest BCUT2D eigenvalue weighted by molar-refractivity contribution is 0.0437. The minimum atomic E-state index is -0.634. The van der Waals surface area contributed by atoms with Gasteiger partial charge in [-0.1, -0.05) is 57.9 Å². The molecular formula is C24H19BrFNO3. The zero-order chi connectivity index (χ0) is 20.9. The zero-order valence-electron chi connectivity index (χ0n) is 16.2. The van der Waals surface area contributed by atoms with Crippen LogP contribution in [0.5, 0.6) is 0 Å². The summed E-state index contributed by atoms with van der Waals surface area (Å²) in [5, 5.41) is 3.99. The molecule has 0 amide bonds. The number of rotatable bonds is 4. The van der Waals surface area contributed by atoms with Gasteiger partial charge in [-0.15, -0.1) is 0 Å². The van der Waals surface area contributed by atoms with Gasteiger partial charge in [0.15, 0.2) is 12.4 Å². The molecule has 1 aliphatic carbocycles. The summed E-state index contributed by atoms with van der Waals surface area (Å²) in [7, 11) is 0. The first-order chi connectivity index (χ1) is 14.6. The Kier molecular flexibility index (Phi) is 6.29. The Balaban J connectivity index is 1.37. The van der Waals surface area contributed by atoms with E-state index in [-0.39, 0.29) is 12.2 Å². The summed E-state index contributed by atoms with van der Waals surface area (Å²) < 4.78 is 25.8. The number of nitrogens with zero attached hydrogens (tertiary/aromatic N) is 1. The molecule has 0 N–H and O–H groups in total. The molecule has 4 rings (SSSR count). The predicted molar refractivity (Wildman–Crippen MR) is 114 cm³/mol. The van der Waals surface area contributed by atoms with Crippen molar-refractivity contribution in [1.29, 1.82) is 0 Å². The highest BCUT2D eigenvalue weighted by Gasteiger charge is 2.14. The minimum absolute atomic E-state index is 0.0901. The summed E-state index contributed by atoms with van der Waals surface area (Å²) in [6, 6.07) is 13.5. The van der Waals surface area contributed by atoms with Gasteiger partial charge in [0.1, 0.15) is 11.5 Å². The van der Waals surface area contributed by atoms with E-state index in [1.165, 1.54) is 25.0 Å². The lowest BCUT2D eigenvalue weighted by Gasteiger charge is -2.04. The van der Waals surface area contributed by atoms with Crippen LogP contribution >= 0.6 is 15.9 Å². The summed E-state index contributed by atoms with van der Waals surface area (Å²) in [6.07, 6.45) is 4.51. The van der Waals surface area contributed by atoms with Crippen molar-refractivity contribution in [1.82, 2.24) is 5.16 Å². The third-order valence-electron chi connectivity index (χ3n) is 5.02. The molecule has 0 aliphatic heterocycles. The molecule has 1 heterocycles. The first-order valence-corrected chi connectivity index (χ1v) is 10.6. The number of carbonyl (C=O) groups excluding carboxylic acids is 1. The summed E-state index contributed by atoms with van der Waals surface area (Å²) >= 11 is 3.38. The molecule has 1 saturated carbocycles. The Bertz CT molecular complexity index is 1110. The number of benzene rings is 2. The number of esters is 1. The topological polar surface area (TPSA) is 52.3 Å². The highest BCUT2D eigenvalue weighted by atomic mass is 79.9. The third-order valence-corrected chi connectivity index (χ3v) is 5.54. The monoisotopic (exact) mass is 467 g/mol. The number of halogens is 2. The van der Waals surface area contributed by atoms with E-state index < -0.39 is 11.8 Å². The predicted octanol–water partition coefficient (Wildman–Crippen LogP) is 6.14. The van der Waals surface area contributed by atoms with Crippen molar-refractivity contribution in [3.05, 3.63) is 75.7 Å². The Morgan fingerprint density at radius 3 is 2.67 bits per heavy atom. The standard InChI is InChI=1S/C24H19BrFNO3/c25-20-11-9-18(10-12-20)23-14-21(30-27-23)15-29-24(28)19-8-7-17(22(26)13-19)6-5-16-3-1-2-4-16/h7-14,16H,1-4,15H2.